The molecule has 0 N–H and O–H groups in total. The zero-order chi connectivity index (χ0) is 23.0. The van der Waals surface area contributed by atoms with Crippen LogP contribution in [0.4, 0.5) is 0 Å². The van der Waals surface area contributed by atoms with Gasteiger partial charge in [-0.1, -0.05) is 12.2 Å². The molecule has 2 bridgehead atoms. The van der Waals surface area contributed by atoms with E-state index >= 15 is 0 Å². The molecular formula is C26H25N3O4. The summed E-state index contributed by atoms with van der Waals surface area (Å²) in [5.41, 5.74) is 4.14. The number of nitrogens with zero attached hydrogens (tertiary/aromatic N) is 3. The van der Waals surface area contributed by atoms with E-state index in [9.17, 15) is 14.4 Å². The van der Waals surface area contributed by atoms with E-state index < -0.39 is 0 Å². The second kappa shape index (κ2) is 7.01. The van der Waals surface area contributed by atoms with E-state index in [1.165, 1.54) is 7.11 Å². The summed E-state index contributed by atoms with van der Waals surface area (Å²) in [6.07, 6.45) is 7.09. The number of rotatable bonds is 4. The number of allylic oxidation sites excluding steroid dienone is 2. The van der Waals surface area contributed by atoms with Crippen LogP contribution in [0.15, 0.2) is 47.6 Å². The summed E-state index contributed by atoms with van der Waals surface area (Å²) >= 11 is 0. The van der Waals surface area contributed by atoms with Gasteiger partial charge in [0.25, 0.3) is 11.8 Å². The molecule has 0 unspecified atom stereocenters. The normalized spacial score (nSPS) is 31.3. The molecule has 1 aromatic carbocycles. The molecule has 5 aliphatic rings. The number of esters is 1. The Bertz CT molecular complexity index is 1220. The first-order valence-corrected chi connectivity index (χ1v) is 11.4. The molecule has 2 aromatic rings. The lowest BCUT2D eigenvalue weighted by atomic mass is 9.63. The molecule has 1 aliphatic heterocycles. The quantitative estimate of drug-likeness (QED) is 0.314. The molecule has 2 amide bonds. The second-order valence-corrected chi connectivity index (χ2v) is 9.59. The highest BCUT2D eigenvalue weighted by molar-refractivity contribution is 6.06. The minimum absolute atomic E-state index is 0.154. The maximum atomic E-state index is 13.1. The Balaban J connectivity index is 1.27. The van der Waals surface area contributed by atoms with Crippen LogP contribution < -0.4 is 0 Å². The molecule has 0 radical (unpaired) electrons. The van der Waals surface area contributed by atoms with Gasteiger partial charge in [0.1, 0.15) is 0 Å². The Morgan fingerprint density at radius 3 is 2.21 bits per heavy atom. The molecule has 3 fully saturated rings. The van der Waals surface area contributed by atoms with Crippen LogP contribution in [0.25, 0.3) is 5.69 Å². The van der Waals surface area contributed by atoms with Gasteiger partial charge in [-0.25, -0.2) is 4.79 Å². The zero-order valence-electron chi connectivity index (χ0n) is 18.8. The number of amides is 2. The molecular weight excluding hydrogens is 418 g/mol. The molecule has 0 spiro atoms. The lowest BCUT2D eigenvalue weighted by Crippen LogP contribution is -2.40. The van der Waals surface area contributed by atoms with Crippen LogP contribution in [0.1, 0.15) is 33.7 Å². The predicted octanol–water partition coefficient (Wildman–Crippen LogP) is 3.27. The van der Waals surface area contributed by atoms with Crippen LogP contribution in [0.3, 0.4) is 0 Å². The summed E-state index contributed by atoms with van der Waals surface area (Å²) in [6.45, 7) is 3.95. The Morgan fingerprint density at radius 1 is 1.03 bits per heavy atom. The number of aryl methyl sites for hydroxylation is 1. The molecule has 6 atom stereocenters. The lowest BCUT2D eigenvalue weighted by molar-refractivity contribution is -0.140. The van der Waals surface area contributed by atoms with Crippen molar-refractivity contribution >= 4 is 24.0 Å². The van der Waals surface area contributed by atoms with Crippen molar-refractivity contribution in [2.45, 2.75) is 20.3 Å². The number of aromatic nitrogens is 1. The molecule has 1 saturated heterocycles. The SMILES string of the molecule is COC(=O)c1ccc(-n2c(C)cc(/C=N\N3C(=O)[C@@H]4[C@H]5C=C[C@@H]([C@@H]6C[C@H]56)[C@H]4C3=O)c2C)cc1. The van der Waals surface area contributed by atoms with Crippen LogP contribution in [-0.4, -0.2) is 40.7 Å². The van der Waals surface area contributed by atoms with Gasteiger partial charge in [-0.05, 0) is 74.3 Å². The van der Waals surface area contributed by atoms with Crippen molar-refractivity contribution < 1.29 is 19.1 Å². The van der Waals surface area contributed by atoms with Gasteiger partial charge in [-0.15, -0.1) is 0 Å². The summed E-state index contributed by atoms with van der Waals surface area (Å²) in [5.74, 6) is 0.369. The standard InChI is InChI=1S/C26H25N3O4/c1-13-10-16(14(2)28(13)17-6-4-15(5-7-17)26(32)33-3)12-27-29-24(30)22-18-8-9-19(21-11-20(18)21)23(22)25(29)31/h4-10,12,18-23H,11H2,1-3H3/b27-12-/t18-,19-,20-,21+,22+,23+/m0/s1. The average molecular weight is 444 g/mol. The predicted molar refractivity (Wildman–Crippen MR) is 121 cm³/mol. The molecule has 33 heavy (non-hydrogen) atoms. The number of benzene rings is 1. The van der Waals surface area contributed by atoms with E-state index in [0.29, 0.717) is 17.4 Å². The van der Waals surface area contributed by atoms with E-state index in [1.54, 1.807) is 18.3 Å². The van der Waals surface area contributed by atoms with Crippen molar-refractivity contribution in [1.82, 2.24) is 9.58 Å². The molecule has 1 aromatic heterocycles. The van der Waals surface area contributed by atoms with Crippen molar-refractivity contribution in [3.05, 3.63) is 65.0 Å². The number of hydrazone groups is 1. The van der Waals surface area contributed by atoms with Gasteiger partial charge in [-0.2, -0.15) is 10.1 Å². The Hall–Kier alpha value is -3.48. The van der Waals surface area contributed by atoms with Crippen LogP contribution >= 0.6 is 0 Å². The second-order valence-electron chi connectivity index (χ2n) is 9.59. The van der Waals surface area contributed by atoms with Crippen molar-refractivity contribution in [3.63, 3.8) is 0 Å². The molecule has 2 saturated carbocycles. The maximum absolute atomic E-state index is 13.1. The van der Waals surface area contributed by atoms with E-state index in [-0.39, 0.29) is 41.5 Å². The van der Waals surface area contributed by atoms with Gasteiger partial charge in [-0.3, -0.25) is 9.59 Å². The minimum atomic E-state index is -0.378. The van der Waals surface area contributed by atoms with E-state index in [4.69, 9.17) is 4.74 Å². The molecule has 7 nitrogen and oxygen atoms in total. The van der Waals surface area contributed by atoms with Crippen molar-refractivity contribution in [2.75, 3.05) is 7.11 Å². The third-order valence-corrected chi connectivity index (χ3v) is 7.97. The highest BCUT2D eigenvalue weighted by atomic mass is 16.5. The fraction of sp³-hybridized carbons (Fsp3) is 0.385. The summed E-state index contributed by atoms with van der Waals surface area (Å²) in [6, 6.07) is 9.15. The van der Waals surface area contributed by atoms with Crippen molar-refractivity contribution in [2.24, 2.45) is 40.6 Å². The largest absolute Gasteiger partial charge is 0.465 e. The van der Waals surface area contributed by atoms with E-state index in [1.807, 2.05) is 36.6 Å². The summed E-state index contributed by atoms with van der Waals surface area (Å²) in [5, 5.41) is 5.50. The van der Waals surface area contributed by atoms with Gasteiger partial charge >= 0.3 is 5.97 Å². The molecule has 2 heterocycles. The van der Waals surface area contributed by atoms with Crippen LogP contribution in [0.5, 0.6) is 0 Å². The van der Waals surface area contributed by atoms with Crippen LogP contribution in [0, 0.1) is 49.4 Å². The smallest absolute Gasteiger partial charge is 0.337 e. The number of hydrogen-bond acceptors (Lipinski definition) is 5. The highest BCUT2D eigenvalue weighted by Gasteiger charge is 2.67. The highest BCUT2D eigenvalue weighted by Crippen LogP contribution is 2.65. The molecule has 168 valence electrons. The topological polar surface area (TPSA) is 81.0 Å². The number of ether oxygens (including phenoxy) is 1. The van der Waals surface area contributed by atoms with Gasteiger partial charge in [0, 0.05) is 22.6 Å². The summed E-state index contributed by atoms with van der Waals surface area (Å²) in [7, 11) is 1.36. The number of hydrogen-bond donors (Lipinski definition) is 0. The van der Waals surface area contributed by atoms with Crippen LogP contribution in [0.2, 0.25) is 0 Å². The third kappa shape index (κ3) is 2.81. The van der Waals surface area contributed by atoms with Crippen molar-refractivity contribution in [3.8, 4) is 5.69 Å². The van der Waals surface area contributed by atoms with Gasteiger partial charge < -0.3 is 9.30 Å². The molecule has 7 rings (SSSR count). The van der Waals surface area contributed by atoms with E-state index in [0.717, 1.165) is 34.1 Å². The van der Waals surface area contributed by atoms with Crippen molar-refractivity contribution in [1.29, 1.82) is 0 Å². The van der Waals surface area contributed by atoms with Crippen LogP contribution in [-0.2, 0) is 14.3 Å². The average Bonchev–Trinajstić information content (AvgIpc) is 3.55. The fourth-order valence-electron chi connectivity index (χ4n) is 6.36. The number of carbonyl (C=O) groups excluding carboxylic acids is 3. The van der Waals surface area contributed by atoms with E-state index in [2.05, 4.69) is 17.3 Å². The maximum Gasteiger partial charge on any atom is 0.337 e. The van der Waals surface area contributed by atoms with Gasteiger partial charge in [0.2, 0.25) is 0 Å². The summed E-state index contributed by atoms with van der Waals surface area (Å²) in [4.78, 5) is 38.0. The number of carbonyl (C=O) groups is 3. The molecule has 7 heteroatoms. The number of imide groups is 1. The Kier molecular flexibility index (Phi) is 4.28. The zero-order valence-corrected chi connectivity index (χ0v) is 18.8. The monoisotopic (exact) mass is 443 g/mol. The fourth-order valence-corrected chi connectivity index (χ4v) is 6.36. The minimum Gasteiger partial charge on any atom is -0.465 e. The Morgan fingerprint density at radius 2 is 1.64 bits per heavy atom. The molecule has 4 aliphatic carbocycles. The number of methoxy groups -OCH3 is 1. The summed E-state index contributed by atoms with van der Waals surface area (Å²) < 4.78 is 6.81. The van der Waals surface area contributed by atoms with Gasteiger partial charge in [0.15, 0.2) is 0 Å². The lowest BCUT2D eigenvalue weighted by Gasteiger charge is -2.37. The first-order chi connectivity index (χ1) is 15.9. The third-order valence-electron chi connectivity index (χ3n) is 7.97. The Labute approximate surface area is 191 Å². The first-order valence-electron chi connectivity index (χ1n) is 11.4. The van der Waals surface area contributed by atoms with Gasteiger partial charge in [0.05, 0.1) is 30.7 Å². The first kappa shape index (κ1) is 20.1.